The molecule has 1 radical (unpaired) electrons. The summed E-state index contributed by atoms with van der Waals surface area (Å²) in [6.07, 6.45) is 7.01. The maximum Gasteiger partial charge on any atom is 0.148 e. The summed E-state index contributed by atoms with van der Waals surface area (Å²) >= 11 is 0. The van der Waals surface area contributed by atoms with E-state index in [0.29, 0.717) is 12.3 Å². The Morgan fingerprint density at radius 2 is 1.91 bits per heavy atom. The molecule has 63 valence electrons. The van der Waals surface area contributed by atoms with Crippen LogP contribution in [0.25, 0.3) is 0 Å². The van der Waals surface area contributed by atoms with Gasteiger partial charge in [0.15, 0.2) is 0 Å². The predicted octanol–water partition coefficient (Wildman–Crippen LogP) is 1.81. The van der Waals surface area contributed by atoms with Crippen molar-refractivity contribution in [2.24, 2.45) is 5.92 Å². The number of Topliss-reactive ketones (excluding diaryl/α,β-unsaturated/α-hetero) is 1. The third kappa shape index (κ3) is 3.02. The van der Waals surface area contributed by atoms with Crippen LogP contribution in [0.2, 0.25) is 0 Å². The van der Waals surface area contributed by atoms with E-state index >= 15 is 0 Å². The third-order valence-electron chi connectivity index (χ3n) is 2.44. The summed E-state index contributed by atoms with van der Waals surface area (Å²) in [6.45, 7) is -0.0174. The molecular weight excluding hydrogens is 138 g/mol. The first-order valence-electron chi connectivity index (χ1n) is 4.49. The quantitative estimate of drug-likeness (QED) is 0.611. The van der Waals surface area contributed by atoms with E-state index in [0.717, 1.165) is 0 Å². The molecule has 1 N–H and O–H groups in total. The van der Waals surface area contributed by atoms with Crippen LogP contribution >= 0.6 is 0 Å². The highest BCUT2D eigenvalue weighted by Gasteiger charge is 2.15. The molecule has 0 aliphatic heterocycles. The highest BCUT2D eigenvalue weighted by molar-refractivity contribution is 5.80. The standard InChI is InChI=1S/C9H16NO/c10-7-9(11)6-8-4-2-1-3-5-8/h8,10H,1-7H2. The highest BCUT2D eigenvalue weighted by Crippen LogP contribution is 2.26. The zero-order valence-electron chi connectivity index (χ0n) is 6.94. The Bertz CT molecular complexity index is 128. The summed E-state index contributed by atoms with van der Waals surface area (Å²) in [4.78, 5) is 10.9. The van der Waals surface area contributed by atoms with Gasteiger partial charge in [0.2, 0.25) is 0 Å². The SMILES string of the molecule is [NH]CC(=O)CC1CCCCC1. The second-order valence-corrected chi connectivity index (χ2v) is 3.42. The van der Waals surface area contributed by atoms with E-state index in [1.54, 1.807) is 0 Å². The second kappa shape index (κ2) is 4.50. The van der Waals surface area contributed by atoms with Gasteiger partial charge in [-0.1, -0.05) is 32.1 Å². The van der Waals surface area contributed by atoms with Gasteiger partial charge < -0.3 is 0 Å². The van der Waals surface area contributed by atoms with E-state index in [-0.39, 0.29) is 12.3 Å². The molecule has 0 heterocycles. The summed E-state index contributed by atoms with van der Waals surface area (Å²) in [7, 11) is 0. The Morgan fingerprint density at radius 1 is 1.27 bits per heavy atom. The molecule has 0 bridgehead atoms. The number of rotatable bonds is 3. The first-order chi connectivity index (χ1) is 5.33. The van der Waals surface area contributed by atoms with E-state index < -0.39 is 0 Å². The summed E-state index contributed by atoms with van der Waals surface area (Å²) in [5, 5.41) is 0. The van der Waals surface area contributed by atoms with Gasteiger partial charge in [0.1, 0.15) is 5.78 Å². The molecule has 11 heavy (non-hydrogen) atoms. The molecule has 0 aromatic rings. The number of hydrogen-bond donors (Lipinski definition) is 0. The lowest BCUT2D eigenvalue weighted by atomic mass is 9.86. The summed E-state index contributed by atoms with van der Waals surface area (Å²) in [5.41, 5.74) is 6.88. The van der Waals surface area contributed by atoms with Crippen LogP contribution in [0.3, 0.4) is 0 Å². The number of ketones is 1. The summed E-state index contributed by atoms with van der Waals surface area (Å²) < 4.78 is 0. The lowest BCUT2D eigenvalue weighted by molar-refractivity contribution is -0.118. The van der Waals surface area contributed by atoms with E-state index in [2.05, 4.69) is 0 Å². The maximum absolute atomic E-state index is 10.9. The van der Waals surface area contributed by atoms with Crippen molar-refractivity contribution in [3.63, 3.8) is 0 Å². The Kier molecular flexibility index (Phi) is 3.57. The Morgan fingerprint density at radius 3 is 2.45 bits per heavy atom. The number of hydrogen-bond acceptors (Lipinski definition) is 1. The van der Waals surface area contributed by atoms with E-state index in [1.165, 1.54) is 32.1 Å². The Hall–Kier alpha value is -0.370. The van der Waals surface area contributed by atoms with E-state index in [4.69, 9.17) is 5.73 Å². The van der Waals surface area contributed by atoms with Crippen molar-refractivity contribution in [2.45, 2.75) is 38.5 Å². The fraction of sp³-hybridized carbons (Fsp3) is 0.889. The molecular formula is C9H16NO. The van der Waals surface area contributed by atoms with Crippen molar-refractivity contribution < 1.29 is 4.79 Å². The summed E-state index contributed by atoms with van der Waals surface area (Å²) in [6, 6.07) is 0. The van der Waals surface area contributed by atoms with Crippen molar-refractivity contribution in [2.75, 3.05) is 6.54 Å². The van der Waals surface area contributed by atoms with Crippen LogP contribution in [-0.4, -0.2) is 12.3 Å². The molecule has 1 rings (SSSR count). The zero-order chi connectivity index (χ0) is 8.10. The minimum absolute atomic E-state index is 0.0174. The molecule has 2 heteroatoms. The van der Waals surface area contributed by atoms with E-state index in [1.807, 2.05) is 0 Å². The average molecular weight is 154 g/mol. The minimum atomic E-state index is -0.0174. The summed E-state index contributed by atoms with van der Waals surface area (Å²) in [5.74, 6) is 0.735. The molecule has 0 atom stereocenters. The zero-order valence-corrected chi connectivity index (χ0v) is 6.94. The second-order valence-electron chi connectivity index (χ2n) is 3.42. The van der Waals surface area contributed by atoms with Crippen molar-refractivity contribution in [3.8, 4) is 0 Å². The van der Waals surface area contributed by atoms with Gasteiger partial charge in [-0.3, -0.25) is 10.5 Å². The monoisotopic (exact) mass is 154 g/mol. The van der Waals surface area contributed by atoms with Crippen LogP contribution in [-0.2, 0) is 4.79 Å². The molecule has 1 aliphatic rings. The topological polar surface area (TPSA) is 40.9 Å². The van der Waals surface area contributed by atoms with Crippen LogP contribution in [0.1, 0.15) is 38.5 Å². The van der Waals surface area contributed by atoms with Crippen LogP contribution < -0.4 is 5.73 Å². The molecule has 0 saturated heterocycles. The average Bonchev–Trinajstić information content (AvgIpc) is 2.06. The van der Waals surface area contributed by atoms with Crippen molar-refractivity contribution in [1.82, 2.24) is 5.73 Å². The Labute approximate surface area is 68.2 Å². The number of nitrogens with one attached hydrogen (secondary N) is 1. The molecule has 1 fully saturated rings. The largest absolute Gasteiger partial charge is 0.298 e. The first kappa shape index (κ1) is 8.72. The van der Waals surface area contributed by atoms with Gasteiger partial charge in [0.25, 0.3) is 0 Å². The van der Waals surface area contributed by atoms with Gasteiger partial charge >= 0.3 is 0 Å². The van der Waals surface area contributed by atoms with Gasteiger partial charge in [-0.25, -0.2) is 0 Å². The van der Waals surface area contributed by atoms with Crippen molar-refractivity contribution in [1.29, 1.82) is 0 Å². The lowest BCUT2D eigenvalue weighted by Crippen LogP contribution is -2.14. The van der Waals surface area contributed by atoms with Crippen LogP contribution in [0.4, 0.5) is 0 Å². The molecule has 1 saturated carbocycles. The molecule has 0 aromatic heterocycles. The van der Waals surface area contributed by atoms with Crippen molar-refractivity contribution >= 4 is 5.78 Å². The number of carbonyl (C=O) groups excluding carboxylic acids is 1. The van der Waals surface area contributed by atoms with Gasteiger partial charge in [0.05, 0.1) is 6.54 Å². The molecule has 0 unspecified atom stereocenters. The van der Waals surface area contributed by atoms with Gasteiger partial charge in [-0.15, -0.1) is 0 Å². The van der Waals surface area contributed by atoms with Crippen LogP contribution in [0, 0.1) is 5.92 Å². The fourth-order valence-electron chi connectivity index (χ4n) is 1.79. The van der Waals surface area contributed by atoms with Gasteiger partial charge in [-0.2, -0.15) is 0 Å². The van der Waals surface area contributed by atoms with Gasteiger partial charge in [-0.05, 0) is 5.92 Å². The number of carbonyl (C=O) groups is 1. The van der Waals surface area contributed by atoms with Crippen LogP contribution in [0.15, 0.2) is 0 Å². The van der Waals surface area contributed by atoms with E-state index in [9.17, 15) is 4.79 Å². The smallest absolute Gasteiger partial charge is 0.148 e. The normalized spacial score (nSPS) is 20.1. The lowest BCUT2D eigenvalue weighted by Gasteiger charge is -2.20. The fourth-order valence-corrected chi connectivity index (χ4v) is 1.79. The third-order valence-corrected chi connectivity index (χ3v) is 2.44. The molecule has 2 nitrogen and oxygen atoms in total. The minimum Gasteiger partial charge on any atom is -0.298 e. The molecule has 0 aromatic carbocycles. The first-order valence-corrected chi connectivity index (χ1v) is 4.49. The van der Waals surface area contributed by atoms with Crippen molar-refractivity contribution in [3.05, 3.63) is 0 Å². The molecule has 0 amide bonds. The molecule has 1 aliphatic carbocycles. The molecule has 0 spiro atoms. The van der Waals surface area contributed by atoms with Crippen LogP contribution in [0.5, 0.6) is 0 Å². The predicted molar refractivity (Wildman–Crippen MR) is 44.2 cm³/mol. The Balaban J connectivity index is 2.19. The maximum atomic E-state index is 10.9. The van der Waals surface area contributed by atoms with Gasteiger partial charge in [0, 0.05) is 6.42 Å². The highest BCUT2D eigenvalue weighted by atomic mass is 16.1.